The second-order valence-corrected chi connectivity index (χ2v) is 2.33. The second-order valence-electron chi connectivity index (χ2n) is 2.33. The molecule has 0 spiro atoms. The zero-order valence-electron chi connectivity index (χ0n) is 5.59. The van der Waals surface area contributed by atoms with Gasteiger partial charge < -0.3 is 10.1 Å². The summed E-state index contributed by atoms with van der Waals surface area (Å²) in [7, 11) is 0. The Labute approximate surface area is 54.4 Å². The van der Waals surface area contributed by atoms with E-state index in [1.54, 1.807) is 0 Å². The Morgan fingerprint density at radius 1 is 1.78 bits per heavy atom. The van der Waals surface area contributed by atoms with Crippen LogP contribution in [0, 0.1) is 0 Å². The van der Waals surface area contributed by atoms with Crippen molar-refractivity contribution in [2.75, 3.05) is 13.1 Å². The molecule has 0 aliphatic carbocycles. The largest absolute Gasteiger partial charge is 0.456 e. The molecule has 1 aliphatic rings. The maximum Gasteiger partial charge on any atom is 0.303 e. The molecule has 0 saturated carbocycles. The van der Waals surface area contributed by atoms with Crippen molar-refractivity contribution in [1.82, 2.24) is 0 Å². The van der Waals surface area contributed by atoms with Gasteiger partial charge in [-0.1, -0.05) is 0 Å². The average molecular weight is 130 g/mol. The van der Waals surface area contributed by atoms with Gasteiger partial charge in [0.2, 0.25) is 0 Å². The molecule has 1 aliphatic heterocycles. The van der Waals surface area contributed by atoms with Crippen molar-refractivity contribution in [2.24, 2.45) is 0 Å². The first kappa shape index (κ1) is 6.55. The molecule has 3 nitrogen and oxygen atoms in total. The Morgan fingerprint density at radius 3 is 3.00 bits per heavy atom. The van der Waals surface area contributed by atoms with E-state index >= 15 is 0 Å². The number of quaternary nitrogens is 1. The molecule has 1 rings (SSSR count). The molecule has 0 radical (unpaired) electrons. The van der Waals surface area contributed by atoms with Crippen molar-refractivity contribution in [3.8, 4) is 0 Å². The summed E-state index contributed by atoms with van der Waals surface area (Å²) in [5, 5.41) is 2.16. The van der Waals surface area contributed by atoms with Gasteiger partial charge in [0, 0.05) is 13.3 Å². The van der Waals surface area contributed by atoms with Crippen molar-refractivity contribution in [1.29, 1.82) is 0 Å². The Balaban J connectivity index is 2.19. The van der Waals surface area contributed by atoms with Crippen LogP contribution in [-0.2, 0) is 9.53 Å². The maximum absolute atomic E-state index is 10.4. The van der Waals surface area contributed by atoms with E-state index in [4.69, 9.17) is 4.74 Å². The summed E-state index contributed by atoms with van der Waals surface area (Å²) >= 11 is 0. The second kappa shape index (κ2) is 2.82. The van der Waals surface area contributed by atoms with E-state index in [9.17, 15) is 4.79 Å². The van der Waals surface area contributed by atoms with Gasteiger partial charge in [0.25, 0.3) is 0 Å². The Bertz CT molecular complexity index is 108. The minimum atomic E-state index is -0.157. The topological polar surface area (TPSA) is 42.9 Å². The number of rotatable bonds is 1. The van der Waals surface area contributed by atoms with E-state index in [2.05, 4.69) is 5.32 Å². The lowest BCUT2D eigenvalue weighted by Gasteiger charge is -2.04. The fraction of sp³-hybridized carbons (Fsp3) is 0.833. The molecule has 0 aromatic carbocycles. The first-order chi connectivity index (χ1) is 4.29. The third kappa shape index (κ3) is 2.01. The van der Waals surface area contributed by atoms with Crippen LogP contribution in [0.25, 0.3) is 0 Å². The van der Waals surface area contributed by atoms with Crippen LogP contribution in [-0.4, -0.2) is 25.2 Å². The zero-order chi connectivity index (χ0) is 6.69. The van der Waals surface area contributed by atoms with Gasteiger partial charge in [0.15, 0.2) is 6.10 Å². The molecule has 1 atom stereocenters. The molecule has 0 unspecified atom stereocenters. The summed E-state index contributed by atoms with van der Waals surface area (Å²) < 4.78 is 4.94. The summed E-state index contributed by atoms with van der Waals surface area (Å²) in [5.41, 5.74) is 0. The summed E-state index contributed by atoms with van der Waals surface area (Å²) in [6.07, 6.45) is 1.20. The molecular formula is C6H12NO2+. The van der Waals surface area contributed by atoms with Crippen molar-refractivity contribution in [3.63, 3.8) is 0 Å². The average Bonchev–Trinajstić information content (AvgIpc) is 2.15. The molecule has 52 valence electrons. The van der Waals surface area contributed by atoms with Gasteiger partial charge in [-0.15, -0.1) is 0 Å². The predicted octanol–water partition coefficient (Wildman–Crippen LogP) is -1.11. The number of nitrogens with two attached hydrogens (primary N) is 1. The Kier molecular flexibility index (Phi) is 2.05. The molecule has 0 aromatic rings. The normalized spacial score (nSPS) is 26.1. The fourth-order valence-electron chi connectivity index (χ4n) is 1.07. The van der Waals surface area contributed by atoms with Gasteiger partial charge in [-0.25, -0.2) is 0 Å². The van der Waals surface area contributed by atoms with Crippen molar-refractivity contribution >= 4 is 5.97 Å². The van der Waals surface area contributed by atoms with Crippen molar-refractivity contribution < 1.29 is 14.8 Å². The predicted molar refractivity (Wildman–Crippen MR) is 31.8 cm³/mol. The first-order valence-corrected chi connectivity index (χ1v) is 3.28. The van der Waals surface area contributed by atoms with E-state index in [0.717, 1.165) is 19.5 Å². The number of esters is 1. The molecule has 1 saturated heterocycles. The lowest BCUT2D eigenvalue weighted by atomic mass is 10.3. The molecule has 0 amide bonds. The van der Waals surface area contributed by atoms with Crippen LogP contribution in [0.15, 0.2) is 0 Å². The minimum Gasteiger partial charge on any atom is -0.456 e. The number of carbonyl (C=O) groups is 1. The van der Waals surface area contributed by atoms with Crippen LogP contribution in [0.4, 0.5) is 0 Å². The number of hydrogen-bond donors (Lipinski definition) is 1. The van der Waals surface area contributed by atoms with Gasteiger partial charge in [0.1, 0.15) is 6.54 Å². The Hall–Kier alpha value is -0.570. The maximum atomic E-state index is 10.4. The monoisotopic (exact) mass is 130 g/mol. The van der Waals surface area contributed by atoms with E-state index in [0.29, 0.717) is 0 Å². The third-order valence-electron chi connectivity index (χ3n) is 1.45. The summed E-state index contributed by atoms with van der Waals surface area (Å²) in [6.45, 7) is 3.50. The molecule has 0 aromatic heterocycles. The van der Waals surface area contributed by atoms with Gasteiger partial charge >= 0.3 is 5.97 Å². The van der Waals surface area contributed by atoms with E-state index in [-0.39, 0.29) is 12.1 Å². The summed E-state index contributed by atoms with van der Waals surface area (Å²) in [6, 6.07) is 0. The molecule has 1 heterocycles. The molecule has 2 N–H and O–H groups in total. The van der Waals surface area contributed by atoms with Crippen molar-refractivity contribution in [2.45, 2.75) is 19.4 Å². The zero-order valence-corrected chi connectivity index (χ0v) is 5.59. The number of ether oxygens (including phenoxy) is 1. The van der Waals surface area contributed by atoms with Gasteiger partial charge in [-0.3, -0.25) is 4.79 Å². The van der Waals surface area contributed by atoms with Crippen molar-refractivity contribution in [3.05, 3.63) is 0 Å². The van der Waals surface area contributed by atoms with Crippen LogP contribution in [0.5, 0.6) is 0 Å². The highest BCUT2D eigenvalue weighted by Gasteiger charge is 2.19. The standard InChI is InChI=1S/C6H11NO2/c1-5(8)9-6-2-3-7-4-6/h6-7H,2-4H2,1H3/p+1/t6-/m1/s1. The quantitative estimate of drug-likeness (QED) is 0.457. The lowest BCUT2D eigenvalue weighted by molar-refractivity contribution is -0.638. The van der Waals surface area contributed by atoms with Gasteiger partial charge in [0.05, 0.1) is 6.54 Å². The highest BCUT2D eigenvalue weighted by Crippen LogP contribution is 1.97. The summed E-state index contributed by atoms with van der Waals surface area (Å²) in [4.78, 5) is 10.4. The lowest BCUT2D eigenvalue weighted by Crippen LogP contribution is -2.81. The first-order valence-electron chi connectivity index (χ1n) is 3.28. The molecule has 1 fully saturated rings. The molecular weight excluding hydrogens is 118 g/mol. The smallest absolute Gasteiger partial charge is 0.303 e. The highest BCUT2D eigenvalue weighted by atomic mass is 16.5. The van der Waals surface area contributed by atoms with E-state index in [1.165, 1.54) is 6.92 Å². The van der Waals surface area contributed by atoms with Gasteiger partial charge in [-0.05, 0) is 0 Å². The Morgan fingerprint density at radius 2 is 2.56 bits per heavy atom. The molecule has 3 heteroatoms. The number of carbonyl (C=O) groups excluding carboxylic acids is 1. The molecule has 0 bridgehead atoms. The molecule has 9 heavy (non-hydrogen) atoms. The van der Waals surface area contributed by atoms with Crippen LogP contribution in [0.2, 0.25) is 0 Å². The van der Waals surface area contributed by atoms with Crippen LogP contribution >= 0.6 is 0 Å². The van der Waals surface area contributed by atoms with Crippen LogP contribution in [0.3, 0.4) is 0 Å². The SMILES string of the molecule is CC(=O)O[C@@H]1CC[NH2+]C1. The third-order valence-corrected chi connectivity index (χ3v) is 1.45. The van der Waals surface area contributed by atoms with E-state index < -0.39 is 0 Å². The van der Waals surface area contributed by atoms with Crippen LogP contribution in [0.1, 0.15) is 13.3 Å². The van der Waals surface area contributed by atoms with E-state index in [1.807, 2.05) is 0 Å². The van der Waals surface area contributed by atoms with Gasteiger partial charge in [-0.2, -0.15) is 0 Å². The minimum absolute atomic E-state index is 0.157. The summed E-state index contributed by atoms with van der Waals surface area (Å²) in [5.74, 6) is -0.157. The fourth-order valence-corrected chi connectivity index (χ4v) is 1.07. The van der Waals surface area contributed by atoms with Crippen LogP contribution < -0.4 is 5.32 Å². The highest BCUT2D eigenvalue weighted by molar-refractivity contribution is 5.66. The number of hydrogen-bond acceptors (Lipinski definition) is 2.